The fourth-order valence-electron chi connectivity index (χ4n) is 1.77. The third-order valence-electron chi connectivity index (χ3n) is 2.80. The molecule has 0 fully saturated rings. The molecule has 0 aliphatic carbocycles. The Labute approximate surface area is 120 Å². The van der Waals surface area contributed by atoms with Crippen molar-refractivity contribution in [2.75, 3.05) is 40.1 Å². The van der Waals surface area contributed by atoms with Crippen LogP contribution in [0.15, 0.2) is 24.3 Å². The quantitative estimate of drug-likeness (QED) is 0.850. The molecule has 1 aromatic carbocycles. The highest BCUT2D eigenvalue weighted by Crippen LogP contribution is 2.12. The molecular formula is C15H23N3O2. The first-order valence-electron chi connectivity index (χ1n) is 6.62. The van der Waals surface area contributed by atoms with E-state index in [1.807, 2.05) is 43.3 Å². The van der Waals surface area contributed by atoms with E-state index >= 15 is 0 Å². The minimum absolute atomic E-state index is 0.0449. The minimum atomic E-state index is -0.0449. The van der Waals surface area contributed by atoms with Gasteiger partial charge in [0.15, 0.2) is 0 Å². The number of carbonyl (C=O) groups excluding carboxylic acids is 2. The van der Waals surface area contributed by atoms with E-state index in [2.05, 4.69) is 5.32 Å². The zero-order valence-electron chi connectivity index (χ0n) is 12.6. The van der Waals surface area contributed by atoms with Crippen molar-refractivity contribution in [3.8, 4) is 0 Å². The second-order valence-electron chi connectivity index (χ2n) is 5.27. The minimum Gasteiger partial charge on any atom is -0.349 e. The van der Waals surface area contributed by atoms with Gasteiger partial charge in [-0.3, -0.25) is 9.59 Å². The van der Waals surface area contributed by atoms with Crippen molar-refractivity contribution in [2.24, 2.45) is 0 Å². The number of likely N-dealkylation sites (N-methyl/N-ethyl adjacent to an activating group) is 1. The summed E-state index contributed by atoms with van der Waals surface area (Å²) in [6.45, 7) is 0.351. The molecule has 1 rings (SSSR count). The first-order valence-corrected chi connectivity index (χ1v) is 6.62. The average molecular weight is 277 g/mol. The van der Waals surface area contributed by atoms with Gasteiger partial charge in [0.05, 0.1) is 6.54 Å². The Hall–Kier alpha value is -1.88. The second-order valence-corrected chi connectivity index (χ2v) is 5.27. The number of nitrogens with zero attached hydrogens (tertiary/aromatic N) is 2. The van der Waals surface area contributed by atoms with Crippen molar-refractivity contribution in [3.05, 3.63) is 29.8 Å². The molecule has 0 radical (unpaired) electrons. The van der Waals surface area contributed by atoms with E-state index in [0.29, 0.717) is 19.4 Å². The van der Waals surface area contributed by atoms with Crippen LogP contribution in [0, 0.1) is 0 Å². The fourth-order valence-corrected chi connectivity index (χ4v) is 1.77. The van der Waals surface area contributed by atoms with E-state index in [1.54, 1.807) is 19.0 Å². The number of aryl methyl sites for hydroxylation is 1. The first-order chi connectivity index (χ1) is 9.38. The molecule has 0 atom stereocenters. The second kappa shape index (κ2) is 7.65. The summed E-state index contributed by atoms with van der Waals surface area (Å²) in [5, 5.41) is 2.85. The van der Waals surface area contributed by atoms with E-state index in [1.165, 1.54) is 0 Å². The summed E-state index contributed by atoms with van der Waals surface area (Å²) >= 11 is 0. The maximum Gasteiger partial charge on any atom is 0.238 e. The summed E-state index contributed by atoms with van der Waals surface area (Å²) in [5.41, 5.74) is 1.81. The summed E-state index contributed by atoms with van der Waals surface area (Å²) in [7, 11) is 7.20. The molecule has 1 aromatic rings. The number of amides is 2. The molecule has 5 heteroatoms. The van der Waals surface area contributed by atoms with Crippen LogP contribution in [-0.2, 0) is 16.0 Å². The Morgan fingerprint density at radius 3 is 2.45 bits per heavy atom. The van der Waals surface area contributed by atoms with Crippen LogP contribution in [0.25, 0.3) is 0 Å². The molecular weight excluding hydrogens is 254 g/mol. The molecule has 0 aromatic heterocycles. The summed E-state index contributed by atoms with van der Waals surface area (Å²) in [5.74, 6) is 0.0589. The molecule has 5 nitrogen and oxygen atoms in total. The lowest BCUT2D eigenvalue weighted by atomic mass is 10.1. The van der Waals surface area contributed by atoms with E-state index < -0.39 is 0 Å². The summed E-state index contributed by atoms with van der Waals surface area (Å²) in [6.07, 6.45) is 1.15. The lowest BCUT2D eigenvalue weighted by Crippen LogP contribution is -2.27. The summed E-state index contributed by atoms with van der Waals surface area (Å²) < 4.78 is 0. The van der Waals surface area contributed by atoms with Crippen molar-refractivity contribution >= 4 is 17.5 Å². The van der Waals surface area contributed by atoms with Gasteiger partial charge in [-0.15, -0.1) is 0 Å². The standard InChI is InChI=1S/C15H23N3O2/c1-17(2)11-14(19)16-13-7-5-6-12(10-13)8-9-15(20)18(3)4/h5-7,10H,8-9,11H2,1-4H3,(H,16,19). The highest BCUT2D eigenvalue weighted by atomic mass is 16.2. The van der Waals surface area contributed by atoms with E-state index in [0.717, 1.165) is 11.3 Å². The molecule has 20 heavy (non-hydrogen) atoms. The van der Waals surface area contributed by atoms with Crippen molar-refractivity contribution in [1.82, 2.24) is 9.80 Å². The number of carbonyl (C=O) groups is 2. The number of rotatable bonds is 6. The van der Waals surface area contributed by atoms with Gasteiger partial charge in [0.25, 0.3) is 0 Å². The Balaban J connectivity index is 2.57. The lowest BCUT2D eigenvalue weighted by molar-refractivity contribution is -0.128. The molecule has 0 aliphatic rings. The van der Waals surface area contributed by atoms with Gasteiger partial charge in [-0.2, -0.15) is 0 Å². The molecule has 0 unspecified atom stereocenters. The van der Waals surface area contributed by atoms with Crippen LogP contribution >= 0.6 is 0 Å². The maximum atomic E-state index is 11.7. The van der Waals surface area contributed by atoms with E-state index in [9.17, 15) is 9.59 Å². The topological polar surface area (TPSA) is 52.7 Å². The normalized spacial score (nSPS) is 10.4. The molecule has 2 amide bonds. The maximum absolute atomic E-state index is 11.7. The third kappa shape index (κ3) is 5.84. The number of nitrogens with one attached hydrogen (secondary N) is 1. The van der Waals surface area contributed by atoms with Crippen LogP contribution in [-0.4, -0.2) is 56.3 Å². The van der Waals surface area contributed by atoms with Crippen LogP contribution in [0.2, 0.25) is 0 Å². The number of benzene rings is 1. The van der Waals surface area contributed by atoms with Crippen LogP contribution in [0.4, 0.5) is 5.69 Å². The van der Waals surface area contributed by atoms with Gasteiger partial charge in [0.2, 0.25) is 11.8 Å². The molecule has 0 heterocycles. The number of hydrogen-bond donors (Lipinski definition) is 1. The summed E-state index contributed by atoms with van der Waals surface area (Å²) in [4.78, 5) is 26.6. The van der Waals surface area contributed by atoms with Gasteiger partial charge >= 0.3 is 0 Å². The first kappa shape index (κ1) is 16.2. The molecule has 0 saturated carbocycles. The Morgan fingerprint density at radius 1 is 1.15 bits per heavy atom. The monoisotopic (exact) mass is 277 g/mol. The van der Waals surface area contributed by atoms with Gasteiger partial charge in [-0.05, 0) is 38.2 Å². The van der Waals surface area contributed by atoms with Gasteiger partial charge in [0, 0.05) is 26.2 Å². The Morgan fingerprint density at radius 2 is 1.85 bits per heavy atom. The predicted octanol–water partition coefficient (Wildman–Crippen LogP) is 1.21. The van der Waals surface area contributed by atoms with Gasteiger partial charge in [-0.1, -0.05) is 12.1 Å². The largest absolute Gasteiger partial charge is 0.349 e. The molecule has 0 bridgehead atoms. The van der Waals surface area contributed by atoms with Crippen LogP contribution in [0.5, 0.6) is 0 Å². The molecule has 0 saturated heterocycles. The van der Waals surface area contributed by atoms with Crippen molar-refractivity contribution in [2.45, 2.75) is 12.8 Å². The third-order valence-corrected chi connectivity index (χ3v) is 2.80. The zero-order chi connectivity index (χ0) is 15.1. The number of hydrogen-bond acceptors (Lipinski definition) is 3. The van der Waals surface area contributed by atoms with Crippen molar-refractivity contribution in [3.63, 3.8) is 0 Å². The molecule has 110 valence electrons. The van der Waals surface area contributed by atoms with Crippen LogP contribution in [0.3, 0.4) is 0 Å². The Kier molecular flexibility index (Phi) is 6.18. The van der Waals surface area contributed by atoms with Gasteiger partial charge in [-0.25, -0.2) is 0 Å². The van der Waals surface area contributed by atoms with Gasteiger partial charge in [0.1, 0.15) is 0 Å². The van der Waals surface area contributed by atoms with Crippen LogP contribution in [0.1, 0.15) is 12.0 Å². The van der Waals surface area contributed by atoms with E-state index in [-0.39, 0.29) is 11.8 Å². The highest BCUT2D eigenvalue weighted by molar-refractivity contribution is 5.92. The van der Waals surface area contributed by atoms with E-state index in [4.69, 9.17) is 0 Å². The Bertz CT molecular complexity index is 470. The molecule has 0 aliphatic heterocycles. The van der Waals surface area contributed by atoms with Gasteiger partial charge < -0.3 is 15.1 Å². The predicted molar refractivity (Wildman–Crippen MR) is 80.6 cm³/mol. The molecule has 0 spiro atoms. The smallest absolute Gasteiger partial charge is 0.238 e. The molecule has 1 N–H and O–H groups in total. The van der Waals surface area contributed by atoms with Crippen molar-refractivity contribution in [1.29, 1.82) is 0 Å². The number of anilines is 1. The fraction of sp³-hybridized carbons (Fsp3) is 0.467. The summed E-state index contributed by atoms with van der Waals surface area (Å²) in [6, 6.07) is 7.62. The van der Waals surface area contributed by atoms with Crippen molar-refractivity contribution < 1.29 is 9.59 Å². The average Bonchev–Trinajstić information content (AvgIpc) is 2.35. The SMILES string of the molecule is CN(C)CC(=O)Nc1cccc(CCC(=O)N(C)C)c1. The lowest BCUT2D eigenvalue weighted by Gasteiger charge is -2.12. The zero-order valence-corrected chi connectivity index (χ0v) is 12.6. The highest BCUT2D eigenvalue weighted by Gasteiger charge is 2.06. The van der Waals surface area contributed by atoms with Crippen LogP contribution < -0.4 is 5.32 Å².